The van der Waals surface area contributed by atoms with E-state index in [0.29, 0.717) is 17.5 Å². The van der Waals surface area contributed by atoms with Crippen LogP contribution in [0.15, 0.2) is 133 Å². The maximum Gasteiger partial charge on any atom is 0.0991 e. The molecule has 50 heavy (non-hydrogen) atoms. The fourth-order valence-corrected chi connectivity index (χ4v) is 8.00. The third-order valence-corrected chi connectivity index (χ3v) is 10.2. The van der Waals surface area contributed by atoms with Crippen molar-refractivity contribution in [1.29, 1.82) is 15.8 Å². The van der Waals surface area contributed by atoms with Gasteiger partial charge in [-0.25, -0.2) is 0 Å². The van der Waals surface area contributed by atoms with Gasteiger partial charge in [-0.3, -0.25) is 0 Å². The van der Waals surface area contributed by atoms with Crippen LogP contribution in [-0.2, 0) is 6.42 Å². The van der Waals surface area contributed by atoms with E-state index in [1.54, 1.807) is 0 Å². The van der Waals surface area contributed by atoms with Gasteiger partial charge in [0.2, 0.25) is 0 Å². The number of rotatable bonds is 4. The number of nitriles is 3. The molecule has 5 nitrogen and oxygen atoms in total. The van der Waals surface area contributed by atoms with Crippen molar-refractivity contribution >= 4 is 44.4 Å². The highest BCUT2D eigenvalue weighted by Crippen LogP contribution is 2.42. The second-order valence-corrected chi connectivity index (χ2v) is 13.0. The van der Waals surface area contributed by atoms with Gasteiger partial charge in [0.1, 0.15) is 0 Å². The van der Waals surface area contributed by atoms with Gasteiger partial charge in [-0.2, -0.15) is 15.8 Å². The zero-order chi connectivity index (χ0) is 33.8. The maximum atomic E-state index is 10.1. The molecular formula is C45H29N5. The summed E-state index contributed by atoms with van der Waals surface area (Å²) in [4.78, 5) is 0. The van der Waals surface area contributed by atoms with Gasteiger partial charge in [0.15, 0.2) is 0 Å². The van der Waals surface area contributed by atoms with Gasteiger partial charge in [0.25, 0.3) is 0 Å². The molecule has 0 saturated carbocycles. The molecule has 0 spiro atoms. The quantitative estimate of drug-likeness (QED) is 0.192. The molecule has 5 heteroatoms. The first-order chi connectivity index (χ1) is 24.7. The lowest BCUT2D eigenvalue weighted by Crippen LogP contribution is -2.13. The normalized spacial score (nSPS) is 16.5. The highest BCUT2D eigenvalue weighted by molar-refractivity contribution is 6.10. The van der Waals surface area contributed by atoms with Gasteiger partial charge in [0.05, 0.1) is 58.0 Å². The Hall–Kier alpha value is -6.87. The molecule has 2 aliphatic rings. The Labute approximate surface area is 289 Å². The number of benzene rings is 5. The van der Waals surface area contributed by atoms with Crippen molar-refractivity contribution < 1.29 is 0 Å². The molecule has 7 aromatic rings. The number of para-hydroxylation sites is 3. The minimum atomic E-state index is -0.126. The van der Waals surface area contributed by atoms with Crippen LogP contribution >= 0.6 is 0 Å². The summed E-state index contributed by atoms with van der Waals surface area (Å²) < 4.78 is 4.71. The van der Waals surface area contributed by atoms with Gasteiger partial charge < -0.3 is 9.13 Å². The van der Waals surface area contributed by atoms with Crippen LogP contribution in [0.3, 0.4) is 0 Å². The van der Waals surface area contributed by atoms with Crippen molar-refractivity contribution in [3.8, 4) is 35.0 Å². The smallest absolute Gasteiger partial charge is 0.0991 e. The van der Waals surface area contributed by atoms with E-state index in [1.165, 1.54) is 16.5 Å². The standard InChI is InChI=1S/C45H29N5/c46-26-29-16-19-34(35-10-1-5-14-42(35)50-43-15-6-3-12-37(43)40-24-31(28-48)18-21-45(40)50)38(22-29)32-8-7-9-33(25-32)49-41-13-4-2-11-36(41)39-23-30(27-47)17-20-44(39)49/h1-8,10-22,24-25,30,33H,9,23H2. The Morgan fingerprint density at radius 2 is 1.34 bits per heavy atom. The van der Waals surface area contributed by atoms with Crippen LogP contribution < -0.4 is 0 Å². The number of allylic oxidation sites excluding steroid dienone is 5. The summed E-state index contributed by atoms with van der Waals surface area (Å²) in [6.45, 7) is 0. The molecule has 234 valence electrons. The van der Waals surface area contributed by atoms with E-state index in [2.05, 4.69) is 124 Å². The number of hydrogen-bond acceptors (Lipinski definition) is 3. The van der Waals surface area contributed by atoms with Crippen LogP contribution in [0, 0.1) is 39.9 Å². The van der Waals surface area contributed by atoms with Crippen LogP contribution in [-0.4, -0.2) is 9.13 Å². The molecule has 0 amide bonds. The molecule has 2 aliphatic carbocycles. The van der Waals surface area contributed by atoms with Gasteiger partial charge in [-0.1, -0.05) is 85.0 Å². The zero-order valence-corrected chi connectivity index (χ0v) is 27.1. The second kappa shape index (κ2) is 11.7. The van der Waals surface area contributed by atoms with E-state index in [-0.39, 0.29) is 12.0 Å². The van der Waals surface area contributed by atoms with Crippen molar-refractivity contribution in [1.82, 2.24) is 9.13 Å². The van der Waals surface area contributed by atoms with Crippen LogP contribution in [0.5, 0.6) is 0 Å². The average Bonchev–Trinajstić information content (AvgIpc) is 3.69. The summed E-state index contributed by atoms with van der Waals surface area (Å²) in [5.41, 5.74) is 12.0. The average molecular weight is 640 g/mol. The van der Waals surface area contributed by atoms with E-state index in [0.717, 1.165) is 61.9 Å². The van der Waals surface area contributed by atoms with Gasteiger partial charge in [-0.05, 0) is 89.7 Å². The lowest BCUT2D eigenvalue weighted by Gasteiger charge is -2.24. The number of fused-ring (bicyclic) bond motifs is 6. The molecule has 0 saturated heterocycles. The fraction of sp³-hybridized carbons (Fsp3) is 0.0889. The summed E-state index contributed by atoms with van der Waals surface area (Å²) in [7, 11) is 0. The molecule has 2 heterocycles. The van der Waals surface area contributed by atoms with E-state index in [9.17, 15) is 15.8 Å². The number of aromatic nitrogens is 2. The third kappa shape index (κ3) is 4.51. The van der Waals surface area contributed by atoms with Crippen LogP contribution in [0.1, 0.15) is 40.4 Å². The Balaban J connectivity index is 1.24. The largest absolute Gasteiger partial charge is 0.333 e. The lowest BCUT2D eigenvalue weighted by atomic mass is 9.88. The van der Waals surface area contributed by atoms with Crippen molar-refractivity contribution in [2.75, 3.05) is 0 Å². The number of hydrogen-bond donors (Lipinski definition) is 0. The second-order valence-electron chi connectivity index (χ2n) is 13.0. The van der Waals surface area contributed by atoms with E-state index in [4.69, 9.17) is 0 Å². The van der Waals surface area contributed by atoms with Crippen molar-refractivity contribution in [2.45, 2.75) is 18.9 Å². The van der Waals surface area contributed by atoms with Crippen molar-refractivity contribution in [3.05, 3.63) is 161 Å². The lowest BCUT2D eigenvalue weighted by molar-refractivity contribution is 0.621. The molecular weight excluding hydrogens is 611 g/mol. The third-order valence-electron chi connectivity index (χ3n) is 10.2. The maximum absolute atomic E-state index is 10.1. The molecule has 9 rings (SSSR count). The molecule has 5 aromatic carbocycles. The Bertz CT molecular complexity index is 2760. The molecule has 0 aliphatic heterocycles. The minimum absolute atomic E-state index is 0.0486. The van der Waals surface area contributed by atoms with Gasteiger partial charge >= 0.3 is 0 Å². The molecule has 0 N–H and O–H groups in total. The van der Waals surface area contributed by atoms with Crippen LogP contribution in [0.4, 0.5) is 0 Å². The fourth-order valence-electron chi connectivity index (χ4n) is 8.00. The van der Waals surface area contributed by atoms with E-state index in [1.807, 2.05) is 42.5 Å². The zero-order valence-electron chi connectivity index (χ0n) is 27.1. The Morgan fingerprint density at radius 3 is 2.18 bits per heavy atom. The Kier molecular flexibility index (Phi) is 6.84. The van der Waals surface area contributed by atoms with Gasteiger partial charge in [-0.15, -0.1) is 0 Å². The highest BCUT2D eigenvalue weighted by Gasteiger charge is 2.26. The molecule has 2 unspecified atom stereocenters. The summed E-state index contributed by atoms with van der Waals surface area (Å²) >= 11 is 0. The van der Waals surface area contributed by atoms with Crippen LogP contribution in [0.2, 0.25) is 0 Å². The summed E-state index contributed by atoms with van der Waals surface area (Å²) in [6, 6.07) is 44.3. The summed E-state index contributed by atoms with van der Waals surface area (Å²) in [5, 5.41) is 32.8. The summed E-state index contributed by atoms with van der Waals surface area (Å²) in [5.74, 6) is -0.126. The Morgan fingerprint density at radius 1 is 0.620 bits per heavy atom. The first-order valence-electron chi connectivity index (χ1n) is 16.8. The van der Waals surface area contributed by atoms with E-state index >= 15 is 0 Å². The first kappa shape index (κ1) is 29.3. The topological polar surface area (TPSA) is 81.2 Å². The van der Waals surface area contributed by atoms with Crippen molar-refractivity contribution in [3.63, 3.8) is 0 Å². The monoisotopic (exact) mass is 639 g/mol. The van der Waals surface area contributed by atoms with Crippen LogP contribution in [0.25, 0.3) is 61.2 Å². The highest BCUT2D eigenvalue weighted by atomic mass is 15.0. The van der Waals surface area contributed by atoms with Crippen molar-refractivity contribution in [2.24, 2.45) is 5.92 Å². The SMILES string of the molecule is N#Cc1ccc(-c2ccccc2-n2c3ccccc3c3cc(C#N)ccc32)c(C2=CC(n3c4c(c5ccccc53)CC(C#N)C=C4)CC=C2)c1. The predicted octanol–water partition coefficient (Wildman–Crippen LogP) is 10.4. The van der Waals surface area contributed by atoms with Gasteiger partial charge in [0, 0.05) is 32.9 Å². The number of nitrogens with zero attached hydrogens (tertiary/aromatic N) is 5. The van der Waals surface area contributed by atoms with E-state index < -0.39 is 0 Å². The minimum Gasteiger partial charge on any atom is -0.333 e. The molecule has 2 aromatic heterocycles. The molecule has 0 fully saturated rings. The molecule has 0 bridgehead atoms. The molecule has 2 atom stereocenters. The molecule has 0 radical (unpaired) electrons. The summed E-state index contributed by atoms with van der Waals surface area (Å²) in [6.07, 6.45) is 12.5. The predicted molar refractivity (Wildman–Crippen MR) is 200 cm³/mol. The first-order valence-corrected chi connectivity index (χ1v) is 16.8.